The Hall–Kier alpha value is -2.20. The maximum Gasteiger partial charge on any atom is 0.435 e. The van der Waals surface area contributed by atoms with Gasteiger partial charge in [-0.3, -0.25) is 0 Å². The summed E-state index contributed by atoms with van der Waals surface area (Å²) >= 11 is 4.16. The Balaban J connectivity index is 2.17. The molecule has 3 rings (SSSR count). The van der Waals surface area contributed by atoms with E-state index in [1.165, 1.54) is 5.38 Å². The van der Waals surface area contributed by atoms with E-state index in [1.807, 2.05) is 0 Å². The average molecular weight is 418 g/mol. The van der Waals surface area contributed by atoms with Gasteiger partial charge in [-0.1, -0.05) is 28.1 Å². The first-order valence-electron chi connectivity index (χ1n) is 6.38. The van der Waals surface area contributed by atoms with Crippen molar-refractivity contribution in [2.24, 2.45) is 0 Å². The molecule has 0 aliphatic carbocycles. The first kappa shape index (κ1) is 16.7. The highest BCUT2D eigenvalue weighted by Crippen LogP contribution is 2.34. The van der Waals surface area contributed by atoms with Crippen molar-refractivity contribution < 1.29 is 23.1 Å². The summed E-state index contributed by atoms with van der Waals surface area (Å²) in [7, 11) is 0. The van der Waals surface area contributed by atoms with Crippen molar-refractivity contribution in [3.63, 3.8) is 0 Å². The fourth-order valence-corrected chi connectivity index (χ4v) is 2.98. The van der Waals surface area contributed by atoms with E-state index in [-0.39, 0.29) is 16.5 Å². The minimum atomic E-state index is -4.62. The molecule has 5 nitrogen and oxygen atoms in total. The van der Waals surface area contributed by atoms with Gasteiger partial charge in [0.25, 0.3) is 0 Å². The Labute approximate surface area is 145 Å². The van der Waals surface area contributed by atoms with Gasteiger partial charge < -0.3 is 5.11 Å². The molecule has 2 heterocycles. The Kier molecular flexibility index (Phi) is 4.18. The van der Waals surface area contributed by atoms with E-state index in [0.717, 1.165) is 26.6 Å². The van der Waals surface area contributed by atoms with Crippen LogP contribution in [-0.4, -0.2) is 25.8 Å². The van der Waals surface area contributed by atoms with Gasteiger partial charge in [0, 0.05) is 15.4 Å². The van der Waals surface area contributed by atoms with Crippen LogP contribution in [-0.2, 0) is 6.18 Å². The Morgan fingerprint density at radius 1 is 1.25 bits per heavy atom. The molecule has 0 bridgehead atoms. The number of rotatable bonds is 3. The topological polar surface area (TPSA) is 68.0 Å². The second-order valence-corrected chi connectivity index (χ2v) is 6.40. The molecule has 0 amide bonds. The van der Waals surface area contributed by atoms with Gasteiger partial charge in [0.05, 0.1) is 5.69 Å². The SMILES string of the molecule is O=C(O)c1csc(-n2nc(C(F)(F)F)cc2-c2ccc(Br)cc2)n1. The number of hydrogen-bond acceptors (Lipinski definition) is 4. The van der Waals surface area contributed by atoms with Gasteiger partial charge in [-0.25, -0.2) is 14.5 Å². The summed E-state index contributed by atoms with van der Waals surface area (Å²) in [6, 6.07) is 7.53. The summed E-state index contributed by atoms with van der Waals surface area (Å²) in [6.07, 6.45) is -4.62. The highest BCUT2D eigenvalue weighted by Gasteiger charge is 2.35. The van der Waals surface area contributed by atoms with E-state index in [0.29, 0.717) is 5.56 Å². The van der Waals surface area contributed by atoms with Crippen LogP contribution < -0.4 is 0 Å². The second kappa shape index (κ2) is 6.02. The van der Waals surface area contributed by atoms with E-state index in [9.17, 15) is 18.0 Å². The lowest BCUT2D eigenvalue weighted by Crippen LogP contribution is -2.07. The van der Waals surface area contributed by atoms with Crippen LogP contribution in [0.4, 0.5) is 13.2 Å². The van der Waals surface area contributed by atoms with Crippen molar-refractivity contribution >= 4 is 33.2 Å². The number of carboxylic acid groups (broad SMARTS) is 1. The summed E-state index contributed by atoms with van der Waals surface area (Å²) in [5.74, 6) is -1.26. The number of aromatic carboxylic acids is 1. The van der Waals surface area contributed by atoms with Gasteiger partial charge in [-0.2, -0.15) is 18.3 Å². The molecule has 0 spiro atoms. The van der Waals surface area contributed by atoms with E-state index in [1.54, 1.807) is 24.3 Å². The van der Waals surface area contributed by atoms with Crippen LogP contribution in [0.1, 0.15) is 16.2 Å². The fourth-order valence-electron chi connectivity index (χ4n) is 1.95. The molecule has 1 N–H and O–H groups in total. The molecule has 0 radical (unpaired) electrons. The lowest BCUT2D eigenvalue weighted by Gasteiger charge is -2.04. The molecule has 0 fully saturated rings. The van der Waals surface area contributed by atoms with Crippen molar-refractivity contribution in [3.8, 4) is 16.4 Å². The Bertz CT molecular complexity index is 903. The lowest BCUT2D eigenvalue weighted by molar-refractivity contribution is -0.141. The molecule has 0 aliphatic rings. The lowest BCUT2D eigenvalue weighted by atomic mass is 10.1. The molecular weight excluding hydrogens is 411 g/mol. The number of thiazole rings is 1. The maximum absolute atomic E-state index is 13.0. The second-order valence-electron chi connectivity index (χ2n) is 4.65. The van der Waals surface area contributed by atoms with Gasteiger partial charge >= 0.3 is 12.1 Å². The zero-order chi connectivity index (χ0) is 17.5. The fraction of sp³-hybridized carbons (Fsp3) is 0.0714. The molecule has 0 saturated carbocycles. The van der Waals surface area contributed by atoms with Crippen LogP contribution in [0.25, 0.3) is 16.4 Å². The molecule has 124 valence electrons. The number of halogens is 4. The smallest absolute Gasteiger partial charge is 0.435 e. The number of benzene rings is 1. The van der Waals surface area contributed by atoms with Crippen LogP contribution >= 0.6 is 27.3 Å². The number of aromatic nitrogens is 3. The number of carbonyl (C=O) groups is 1. The molecule has 1 aromatic carbocycles. The van der Waals surface area contributed by atoms with Gasteiger partial charge in [0.15, 0.2) is 11.4 Å². The number of nitrogens with zero attached hydrogens (tertiary/aromatic N) is 3. The van der Waals surface area contributed by atoms with Crippen LogP contribution in [0.5, 0.6) is 0 Å². The molecule has 3 aromatic rings. The summed E-state index contributed by atoms with van der Waals surface area (Å²) < 4.78 is 40.8. The van der Waals surface area contributed by atoms with Crippen molar-refractivity contribution in [2.45, 2.75) is 6.18 Å². The predicted molar refractivity (Wildman–Crippen MR) is 84.3 cm³/mol. The zero-order valence-corrected chi connectivity index (χ0v) is 14.0. The molecule has 2 aromatic heterocycles. The third kappa shape index (κ3) is 3.20. The van der Waals surface area contributed by atoms with Crippen LogP contribution in [0, 0.1) is 0 Å². The minimum absolute atomic E-state index is 0.0424. The van der Waals surface area contributed by atoms with Crippen molar-refractivity contribution in [1.82, 2.24) is 14.8 Å². The summed E-state index contributed by atoms with van der Waals surface area (Å²) in [5.41, 5.74) is -0.664. The van der Waals surface area contributed by atoms with Crippen LogP contribution in [0.3, 0.4) is 0 Å². The average Bonchev–Trinajstić information content (AvgIpc) is 3.14. The Morgan fingerprint density at radius 3 is 2.46 bits per heavy atom. The van der Waals surface area contributed by atoms with Crippen molar-refractivity contribution in [1.29, 1.82) is 0 Å². The molecule has 10 heteroatoms. The minimum Gasteiger partial charge on any atom is -0.476 e. The van der Waals surface area contributed by atoms with Crippen LogP contribution in [0.15, 0.2) is 40.2 Å². The van der Waals surface area contributed by atoms with Gasteiger partial charge in [0.2, 0.25) is 5.13 Å². The van der Waals surface area contributed by atoms with E-state index in [2.05, 4.69) is 26.0 Å². The van der Waals surface area contributed by atoms with E-state index >= 15 is 0 Å². The molecule has 0 aliphatic heterocycles. The molecule has 0 unspecified atom stereocenters. The van der Waals surface area contributed by atoms with Gasteiger partial charge in [-0.05, 0) is 18.2 Å². The summed E-state index contributed by atoms with van der Waals surface area (Å²) in [4.78, 5) is 14.8. The number of carboxylic acids is 1. The monoisotopic (exact) mass is 417 g/mol. The van der Waals surface area contributed by atoms with E-state index < -0.39 is 17.8 Å². The maximum atomic E-state index is 13.0. The molecular formula is C14H7BrF3N3O2S. The third-order valence-corrected chi connectivity index (χ3v) is 4.38. The normalized spacial score (nSPS) is 11.7. The van der Waals surface area contributed by atoms with Crippen molar-refractivity contribution in [2.75, 3.05) is 0 Å². The largest absolute Gasteiger partial charge is 0.476 e. The summed E-state index contributed by atoms with van der Waals surface area (Å²) in [6.45, 7) is 0. The third-order valence-electron chi connectivity index (χ3n) is 3.03. The van der Waals surface area contributed by atoms with Gasteiger partial charge in [0.1, 0.15) is 0 Å². The number of alkyl halides is 3. The quantitative estimate of drug-likeness (QED) is 0.682. The number of hydrogen-bond donors (Lipinski definition) is 1. The molecule has 0 atom stereocenters. The van der Waals surface area contributed by atoms with Gasteiger partial charge in [-0.15, -0.1) is 11.3 Å². The Morgan fingerprint density at radius 2 is 1.92 bits per heavy atom. The summed E-state index contributed by atoms with van der Waals surface area (Å²) in [5, 5.41) is 13.8. The standard InChI is InChI=1S/C14H7BrF3N3O2S/c15-8-3-1-7(2-4-8)10-5-11(14(16,17)18)20-21(10)13-19-9(6-24-13)12(22)23/h1-6H,(H,22,23). The predicted octanol–water partition coefficient (Wildman–Crippen LogP) is 4.48. The zero-order valence-electron chi connectivity index (χ0n) is 11.6. The molecule has 24 heavy (non-hydrogen) atoms. The van der Waals surface area contributed by atoms with E-state index in [4.69, 9.17) is 5.11 Å². The highest BCUT2D eigenvalue weighted by molar-refractivity contribution is 9.10. The highest BCUT2D eigenvalue weighted by atomic mass is 79.9. The first-order chi connectivity index (χ1) is 11.3. The first-order valence-corrected chi connectivity index (χ1v) is 8.05. The molecule has 0 saturated heterocycles. The van der Waals surface area contributed by atoms with Crippen molar-refractivity contribution in [3.05, 3.63) is 51.6 Å². The van der Waals surface area contributed by atoms with Crippen LogP contribution in [0.2, 0.25) is 0 Å².